The largest absolute Gasteiger partial charge is 0.507 e. The number of hydrogen-bond donors (Lipinski definition) is 2. The fourth-order valence-electron chi connectivity index (χ4n) is 4.76. The van der Waals surface area contributed by atoms with E-state index in [0.29, 0.717) is 25.7 Å². The second-order valence-electron chi connectivity index (χ2n) is 12.4. The third-order valence-corrected chi connectivity index (χ3v) is 7.02. The van der Waals surface area contributed by atoms with Crippen molar-refractivity contribution in [1.82, 2.24) is 0 Å². The van der Waals surface area contributed by atoms with Gasteiger partial charge < -0.3 is 10.2 Å². The van der Waals surface area contributed by atoms with Crippen LogP contribution >= 0.6 is 0 Å². The highest BCUT2D eigenvalue weighted by Gasteiger charge is 2.35. The third kappa shape index (κ3) is 7.57. The topological polar surface area (TPSA) is 65.2 Å². The van der Waals surface area contributed by atoms with E-state index in [-0.39, 0.29) is 45.8 Å². The van der Waals surface area contributed by atoms with Gasteiger partial charge in [0.25, 0.3) is 0 Å². The van der Waals surface area contributed by atoms with Crippen LogP contribution in [0.3, 0.4) is 0 Å². The SMILES string of the molecule is CC(C)(C)c1cc(C(F)(F)F)cc(C=NC2CCCC(N=Cc3cc(C(F)(F)F)cc(C(C)(C)C)c3O)C2)c1O. The zero-order chi connectivity index (χ0) is 30.3. The van der Waals surface area contributed by atoms with Crippen LogP contribution in [0.5, 0.6) is 11.5 Å². The van der Waals surface area contributed by atoms with Crippen molar-refractivity contribution in [3.05, 3.63) is 57.6 Å². The van der Waals surface area contributed by atoms with E-state index in [1.165, 1.54) is 12.4 Å². The highest BCUT2D eigenvalue weighted by molar-refractivity contribution is 5.86. The van der Waals surface area contributed by atoms with Crippen LogP contribution in [-0.2, 0) is 23.2 Å². The van der Waals surface area contributed by atoms with Crippen molar-refractivity contribution in [3.63, 3.8) is 0 Å². The molecule has 4 nitrogen and oxygen atoms in total. The van der Waals surface area contributed by atoms with Crippen LogP contribution in [0.1, 0.15) is 101 Å². The van der Waals surface area contributed by atoms with Crippen molar-refractivity contribution >= 4 is 12.4 Å². The normalized spacial score (nSPS) is 19.6. The maximum atomic E-state index is 13.5. The Morgan fingerprint density at radius 2 is 1.00 bits per heavy atom. The van der Waals surface area contributed by atoms with Gasteiger partial charge in [0.2, 0.25) is 0 Å². The lowest BCUT2D eigenvalue weighted by Crippen LogP contribution is -2.22. The quantitative estimate of drug-likeness (QED) is 0.286. The van der Waals surface area contributed by atoms with E-state index in [4.69, 9.17) is 0 Å². The Kier molecular flexibility index (Phi) is 8.73. The molecule has 0 saturated heterocycles. The average molecular weight is 571 g/mol. The fraction of sp³-hybridized carbons (Fsp3) is 0.533. The van der Waals surface area contributed by atoms with Crippen LogP contribution in [-0.4, -0.2) is 34.7 Å². The smallest absolute Gasteiger partial charge is 0.416 e. The minimum absolute atomic E-state index is 0.0334. The summed E-state index contributed by atoms with van der Waals surface area (Å²) in [7, 11) is 0. The summed E-state index contributed by atoms with van der Waals surface area (Å²) in [4.78, 5) is 8.90. The van der Waals surface area contributed by atoms with Crippen molar-refractivity contribution in [2.45, 2.75) is 102 Å². The van der Waals surface area contributed by atoms with Crippen molar-refractivity contribution in [2.24, 2.45) is 9.98 Å². The number of hydrogen-bond acceptors (Lipinski definition) is 4. The first kappa shape index (κ1) is 31.5. The molecule has 10 heteroatoms. The number of phenols is 2. The molecule has 2 atom stereocenters. The summed E-state index contributed by atoms with van der Waals surface area (Å²) in [5.41, 5.74) is -2.98. The standard InChI is InChI=1S/C30H36F6N2O2/c1-27(2,3)23-12-19(29(31,32)33)10-17(25(23)39)15-37-21-8-7-9-22(14-21)38-16-18-11-20(30(34,35)36)13-24(26(18)40)28(4,5)6/h10-13,15-16,21-22,39-40H,7-9,14H2,1-6H3. The highest BCUT2D eigenvalue weighted by Crippen LogP contribution is 2.40. The molecule has 2 N–H and O–H groups in total. The predicted octanol–water partition coefficient (Wildman–Crippen LogP) is 8.58. The molecule has 0 bridgehead atoms. The van der Waals surface area contributed by atoms with E-state index in [2.05, 4.69) is 9.98 Å². The van der Waals surface area contributed by atoms with Gasteiger partial charge in [0.1, 0.15) is 11.5 Å². The number of nitrogens with zero attached hydrogens (tertiary/aromatic N) is 2. The lowest BCUT2D eigenvalue weighted by molar-refractivity contribution is -0.138. The summed E-state index contributed by atoms with van der Waals surface area (Å²) in [6.07, 6.45) is -4.26. The average Bonchev–Trinajstić information content (AvgIpc) is 2.80. The molecule has 0 spiro atoms. The molecular formula is C30H36F6N2O2. The molecule has 1 aliphatic carbocycles. The summed E-state index contributed by atoms with van der Waals surface area (Å²) in [5.74, 6) is -0.520. The Hall–Kier alpha value is -3.04. The summed E-state index contributed by atoms with van der Waals surface area (Å²) >= 11 is 0. The monoisotopic (exact) mass is 570 g/mol. The molecule has 40 heavy (non-hydrogen) atoms. The summed E-state index contributed by atoms with van der Waals surface area (Å²) in [6.45, 7) is 10.2. The maximum Gasteiger partial charge on any atom is 0.416 e. The molecule has 220 valence electrons. The van der Waals surface area contributed by atoms with Gasteiger partial charge in [-0.25, -0.2) is 0 Å². The molecule has 1 fully saturated rings. The first-order valence-corrected chi connectivity index (χ1v) is 13.1. The Bertz CT molecular complexity index is 1180. The number of aliphatic imine (C=N–C) groups is 2. The highest BCUT2D eigenvalue weighted by atomic mass is 19.4. The van der Waals surface area contributed by atoms with E-state index in [9.17, 15) is 36.6 Å². The number of phenolic OH excluding ortho intramolecular Hbond substituents is 2. The van der Waals surface area contributed by atoms with Gasteiger partial charge in [0.15, 0.2) is 0 Å². The first-order chi connectivity index (χ1) is 18.2. The van der Waals surface area contributed by atoms with E-state index in [1.54, 1.807) is 41.5 Å². The second kappa shape index (κ2) is 11.1. The first-order valence-electron chi connectivity index (χ1n) is 13.1. The molecule has 0 amide bonds. The van der Waals surface area contributed by atoms with Gasteiger partial charge in [-0.2, -0.15) is 26.3 Å². The lowest BCUT2D eigenvalue weighted by Gasteiger charge is -2.25. The van der Waals surface area contributed by atoms with E-state index in [1.807, 2.05) is 0 Å². The Balaban J connectivity index is 1.87. The van der Waals surface area contributed by atoms with Gasteiger partial charge in [-0.15, -0.1) is 0 Å². The summed E-state index contributed by atoms with van der Waals surface area (Å²) < 4.78 is 81.2. The molecule has 1 saturated carbocycles. The van der Waals surface area contributed by atoms with Gasteiger partial charge in [0, 0.05) is 34.7 Å². The summed E-state index contributed by atoms with van der Waals surface area (Å²) in [6, 6.07) is 3.04. The molecule has 0 aromatic heterocycles. The van der Waals surface area contributed by atoms with E-state index >= 15 is 0 Å². The number of benzene rings is 2. The Morgan fingerprint density at radius 3 is 1.30 bits per heavy atom. The Morgan fingerprint density at radius 1 is 0.650 bits per heavy atom. The van der Waals surface area contributed by atoms with Gasteiger partial charge >= 0.3 is 12.4 Å². The maximum absolute atomic E-state index is 13.5. The third-order valence-electron chi connectivity index (χ3n) is 7.02. The van der Waals surface area contributed by atoms with Gasteiger partial charge in [-0.05, 0) is 60.8 Å². The molecule has 2 unspecified atom stereocenters. The number of halogens is 6. The number of rotatable bonds is 4. The molecule has 0 heterocycles. The molecule has 0 radical (unpaired) electrons. The number of aromatic hydroxyl groups is 2. The lowest BCUT2D eigenvalue weighted by atomic mass is 9.84. The second-order valence-corrected chi connectivity index (χ2v) is 12.4. The van der Waals surface area contributed by atoms with Crippen LogP contribution in [0.15, 0.2) is 34.3 Å². The Labute approximate surface area is 230 Å². The minimum atomic E-state index is -4.59. The molecule has 2 aromatic rings. The fourth-order valence-corrected chi connectivity index (χ4v) is 4.76. The van der Waals surface area contributed by atoms with Gasteiger partial charge in [0.05, 0.1) is 23.2 Å². The van der Waals surface area contributed by atoms with Crippen molar-refractivity contribution in [1.29, 1.82) is 0 Å². The van der Waals surface area contributed by atoms with Crippen LogP contribution in [0.2, 0.25) is 0 Å². The number of alkyl halides is 6. The van der Waals surface area contributed by atoms with Gasteiger partial charge in [-0.3, -0.25) is 9.98 Å². The molecule has 3 rings (SSSR count). The van der Waals surface area contributed by atoms with Crippen molar-refractivity contribution < 1.29 is 36.6 Å². The van der Waals surface area contributed by atoms with E-state index < -0.39 is 34.3 Å². The molecular weight excluding hydrogens is 534 g/mol. The molecule has 2 aromatic carbocycles. The van der Waals surface area contributed by atoms with Crippen LogP contribution in [0, 0.1) is 0 Å². The molecule has 1 aliphatic rings. The zero-order valence-corrected chi connectivity index (χ0v) is 23.5. The van der Waals surface area contributed by atoms with Crippen molar-refractivity contribution in [3.8, 4) is 11.5 Å². The molecule has 0 aliphatic heterocycles. The van der Waals surface area contributed by atoms with Gasteiger partial charge in [-0.1, -0.05) is 41.5 Å². The van der Waals surface area contributed by atoms with Crippen LogP contribution < -0.4 is 0 Å². The predicted molar refractivity (Wildman–Crippen MR) is 145 cm³/mol. The minimum Gasteiger partial charge on any atom is -0.507 e. The zero-order valence-electron chi connectivity index (χ0n) is 23.5. The van der Waals surface area contributed by atoms with Crippen molar-refractivity contribution in [2.75, 3.05) is 0 Å². The van der Waals surface area contributed by atoms with Crippen LogP contribution in [0.4, 0.5) is 26.3 Å². The summed E-state index contributed by atoms with van der Waals surface area (Å²) in [5, 5.41) is 21.4. The van der Waals surface area contributed by atoms with E-state index in [0.717, 1.165) is 24.3 Å². The van der Waals surface area contributed by atoms with Crippen LogP contribution in [0.25, 0.3) is 0 Å².